The first-order valence-electron chi connectivity index (χ1n) is 3.06. The molecule has 1 atom stereocenters. The second-order valence-electron chi connectivity index (χ2n) is 2.14. The molecule has 4 heteroatoms. The fraction of sp³-hybridized carbons (Fsp3) is 0.667. The zero-order valence-corrected chi connectivity index (χ0v) is 7.44. The molecule has 0 aromatic heterocycles. The van der Waals surface area contributed by atoms with Crippen molar-refractivity contribution in [2.45, 2.75) is 0 Å². The molecule has 1 unspecified atom stereocenters. The van der Waals surface area contributed by atoms with Crippen molar-refractivity contribution in [1.82, 2.24) is 9.62 Å². The van der Waals surface area contributed by atoms with Crippen LogP contribution in [-0.2, 0) is 11.0 Å². The van der Waals surface area contributed by atoms with Crippen molar-refractivity contribution < 1.29 is 4.21 Å². The Labute approximate surface area is 64.7 Å². The normalized spacial score (nSPS) is 14.8. The minimum absolute atomic E-state index is 0.827. The fourth-order valence-electron chi connectivity index (χ4n) is 0.409. The summed E-state index contributed by atoms with van der Waals surface area (Å²) < 4.78 is 13.3. The van der Waals surface area contributed by atoms with Crippen LogP contribution in [0.5, 0.6) is 0 Å². The maximum absolute atomic E-state index is 10.7. The van der Waals surface area contributed by atoms with E-state index in [-0.39, 0.29) is 0 Å². The molecule has 0 saturated carbocycles. The van der Waals surface area contributed by atoms with E-state index in [0.717, 1.165) is 6.54 Å². The quantitative estimate of drug-likeness (QED) is 0.628. The molecule has 0 radical (unpaired) electrons. The van der Waals surface area contributed by atoms with Crippen molar-refractivity contribution in [2.24, 2.45) is 0 Å². The van der Waals surface area contributed by atoms with Crippen molar-refractivity contribution in [2.75, 3.05) is 27.7 Å². The van der Waals surface area contributed by atoms with Gasteiger partial charge in [0.15, 0.2) is 0 Å². The van der Waals surface area contributed by atoms with Crippen LogP contribution >= 0.6 is 0 Å². The van der Waals surface area contributed by atoms with Crippen molar-refractivity contribution in [1.29, 1.82) is 0 Å². The van der Waals surface area contributed by atoms with E-state index < -0.39 is 11.0 Å². The molecule has 60 valence electrons. The van der Waals surface area contributed by atoms with Crippen LogP contribution < -0.4 is 4.72 Å². The molecular formula is C6H14N2OS. The van der Waals surface area contributed by atoms with Gasteiger partial charge in [0.2, 0.25) is 0 Å². The topological polar surface area (TPSA) is 32.3 Å². The first kappa shape index (κ1) is 9.81. The van der Waals surface area contributed by atoms with Crippen LogP contribution in [0.25, 0.3) is 0 Å². The average molecular weight is 162 g/mol. The molecule has 0 aliphatic heterocycles. The smallest absolute Gasteiger partial charge is 0.116 e. The highest BCUT2D eigenvalue weighted by atomic mass is 32.2. The van der Waals surface area contributed by atoms with Crippen LogP contribution in [0.3, 0.4) is 0 Å². The largest absolute Gasteiger partial charge is 0.306 e. The van der Waals surface area contributed by atoms with E-state index in [4.69, 9.17) is 0 Å². The summed E-state index contributed by atoms with van der Waals surface area (Å²) in [5.41, 5.74) is 0. The maximum Gasteiger partial charge on any atom is 0.116 e. The van der Waals surface area contributed by atoms with Gasteiger partial charge in [0.1, 0.15) is 11.0 Å². The number of hydrogen-bond acceptors (Lipinski definition) is 2. The summed E-state index contributed by atoms with van der Waals surface area (Å²) in [6.45, 7) is 0.827. The van der Waals surface area contributed by atoms with E-state index in [2.05, 4.69) is 4.72 Å². The third kappa shape index (κ3) is 5.94. The van der Waals surface area contributed by atoms with Crippen LogP contribution in [0.15, 0.2) is 11.5 Å². The molecule has 1 N–H and O–H groups in total. The summed E-state index contributed by atoms with van der Waals surface area (Å²) in [6.07, 6.45) is 1.87. The molecule has 0 amide bonds. The average Bonchev–Trinajstić information content (AvgIpc) is 1.87. The Kier molecular flexibility index (Phi) is 5.48. The zero-order valence-electron chi connectivity index (χ0n) is 6.63. The lowest BCUT2D eigenvalue weighted by Gasteiger charge is -2.02. The SMILES string of the molecule is CNS(=O)/C=C/CN(C)C. The Morgan fingerprint density at radius 3 is 2.60 bits per heavy atom. The van der Waals surface area contributed by atoms with Crippen molar-refractivity contribution in [3.8, 4) is 0 Å². The lowest BCUT2D eigenvalue weighted by molar-refractivity contribution is 0.456. The van der Waals surface area contributed by atoms with Crippen LogP contribution in [0.1, 0.15) is 0 Å². The van der Waals surface area contributed by atoms with Gasteiger partial charge < -0.3 is 4.90 Å². The predicted molar refractivity (Wildman–Crippen MR) is 44.9 cm³/mol. The second-order valence-corrected chi connectivity index (χ2v) is 3.41. The molecule has 0 heterocycles. The summed E-state index contributed by atoms with van der Waals surface area (Å²) >= 11 is 0. The summed E-state index contributed by atoms with van der Waals surface area (Å²) in [6, 6.07) is 0. The number of hydrogen-bond donors (Lipinski definition) is 1. The summed E-state index contributed by atoms with van der Waals surface area (Å²) in [5, 5.41) is 1.64. The molecule has 3 nitrogen and oxygen atoms in total. The second kappa shape index (κ2) is 5.58. The van der Waals surface area contributed by atoms with Crippen molar-refractivity contribution in [3.05, 3.63) is 11.5 Å². The van der Waals surface area contributed by atoms with Crippen LogP contribution in [-0.4, -0.2) is 36.8 Å². The van der Waals surface area contributed by atoms with Gasteiger partial charge in [-0.2, -0.15) is 0 Å². The highest BCUT2D eigenvalue weighted by Crippen LogP contribution is 1.80. The molecule has 0 spiro atoms. The van der Waals surface area contributed by atoms with Gasteiger partial charge in [-0.1, -0.05) is 6.08 Å². The fourth-order valence-corrected chi connectivity index (χ4v) is 0.806. The molecule has 0 aliphatic carbocycles. The van der Waals surface area contributed by atoms with Crippen molar-refractivity contribution in [3.63, 3.8) is 0 Å². The maximum atomic E-state index is 10.7. The Morgan fingerprint density at radius 2 is 2.20 bits per heavy atom. The number of rotatable bonds is 4. The molecule has 10 heavy (non-hydrogen) atoms. The molecule has 0 saturated heterocycles. The van der Waals surface area contributed by atoms with Gasteiger partial charge in [0, 0.05) is 12.0 Å². The van der Waals surface area contributed by atoms with Crippen LogP contribution in [0.2, 0.25) is 0 Å². The highest BCUT2D eigenvalue weighted by Gasteiger charge is 1.85. The van der Waals surface area contributed by atoms with Gasteiger partial charge in [-0.15, -0.1) is 0 Å². The number of nitrogens with one attached hydrogen (secondary N) is 1. The van der Waals surface area contributed by atoms with Gasteiger partial charge in [-0.05, 0) is 21.1 Å². The predicted octanol–water partition coefficient (Wildman–Crippen LogP) is -0.0552. The Bertz CT molecular complexity index is 134. The van der Waals surface area contributed by atoms with Gasteiger partial charge in [0.05, 0.1) is 0 Å². The van der Waals surface area contributed by atoms with E-state index in [1.807, 2.05) is 25.1 Å². The first-order valence-corrected chi connectivity index (χ1v) is 4.27. The van der Waals surface area contributed by atoms with Gasteiger partial charge >= 0.3 is 0 Å². The zero-order chi connectivity index (χ0) is 7.98. The molecule has 0 rings (SSSR count). The highest BCUT2D eigenvalue weighted by molar-refractivity contribution is 7.86. The Balaban J connectivity index is 3.46. The van der Waals surface area contributed by atoms with Crippen LogP contribution in [0, 0.1) is 0 Å². The number of likely N-dealkylation sites (N-methyl/N-ethyl adjacent to an activating group) is 1. The van der Waals surface area contributed by atoms with Crippen molar-refractivity contribution >= 4 is 11.0 Å². The molecular weight excluding hydrogens is 148 g/mol. The first-order chi connectivity index (χ1) is 4.66. The minimum atomic E-state index is -1.00. The van der Waals surface area contributed by atoms with E-state index in [1.165, 1.54) is 0 Å². The Morgan fingerprint density at radius 1 is 1.60 bits per heavy atom. The molecule has 0 aromatic rings. The minimum Gasteiger partial charge on any atom is -0.306 e. The summed E-state index contributed by atoms with van der Waals surface area (Å²) in [4.78, 5) is 2.00. The standard InChI is InChI=1S/C6H14N2OS/c1-7-10(9)6-4-5-8(2)3/h4,6-7H,5H2,1-3H3/b6-4+. The molecule has 0 fully saturated rings. The lowest BCUT2D eigenvalue weighted by Crippen LogP contribution is -2.12. The third-order valence-electron chi connectivity index (χ3n) is 0.892. The van der Waals surface area contributed by atoms with Gasteiger partial charge in [-0.3, -0.25) is 0 Å². The van der Waals surface area contributed by atoms with Gasteiger partial charge in [-0.25, -0.2) is 8.93 Å². The molecule has 0 aliphatic rings. The van der Waals surface area contributed by atoms with Gasteiger partial charge in [0.25, 0.3) is 0 Å². The number of nitrogens with zero attached hydrogens (tertiary/aromatic N) is 1. The van der Waals surface area contributed by atoms with E-state index >= 15 is 0 Å². The van der Waals surface area contributed by atoms with E-state index in [9.17, 15) is 4.21 Å². The molecule has 0 bridgehead atoms. The summed E-state index contributed by atoms with van der Waals surface area (Å²) in [5.74, 6) is 0. The van der Waals surface area contributed by atoms with E-state index in [1.54, 1.807) is 12.5 Å². The lowest BCUT2D eigenvalue weighted by atomic mass is 10.6. The molecule has 0 aromatic carbocycles. The monoisotopic (exact) mass is 162 g/mol. The third-order valence-corrected chi connectivity index (χ3v) is 1.73. The Hall–Kier alpha value is -0.190. The summed E-state index contributed by atoms with van der Waals surface area (Å²) in [7, 11) is 4.59. The van der Waals surface area contributed by atoms with E-state index in [0.29, 0.717) is 0 Å². The van der Waals surface area contributed by atoms with Crippen LogP contribution in [0.4, 0.5) is 0 Å².